The number of carboxylic acids is 1. The third-order valence-corrected chi connectivity index (χ3v) is 2.52. The summed E-state index contributed by atoms with van der Waals surface area (Å²) in [5, 5.41) is 11.9. The van der Waals surface area contributed by atoms with Gasteiger partial charge in [-0.2, -0.15) is 0 Å². The third kappa shape index (κ3) is 2.75. The van der Waals surface area contributed by atoms with Crippen LogP contribution in [0.25, 0.3) is 0 Å². The lowest BCUT2D eigenvalue weighted by Gasteiger charge is -2.14. The number of carbonyl (C=O) groups is 1. The number of hydrogen-bond donors (Lipinski definition) is 2. The molecule has 1 heterocycles. The van der Waals surface area contributed by atoms with E-state index in [4.69, 9.17) is 9.52 Å². The summed E-state index contributed by atoms with van der Waals surface area (Å²) in [5.74, 6) is -1.08. The van der Waals surface area contributed by atoms with E-state index in [0.29, 0.717) is 5.76 Å². The fourth-order valence-electron chi connectivity index (χ4n) is 1.66. The van der Waals surface area contributed by atoms with E-state index in [0.717, 1.165) is 0 Å². The molecule has 0 aliphatic rings. The van der Waals surface area contributed by atoms with E-state index < -0.39 is 17.8 Å². The molecule has 0 saturated heterocycles. The van der Waals surface area contributed by atoms with Crippen molar-refractivity contribution < 1.29 is 18.7 Å². The summed E-state index contributed by atoms with van der Waals surface area (Å²) in [6.45, 7) is 0.221. The lowest BCUT2D eigenvalue weighted by molar-refractivity contribution is -0.139. The molecule has 0 aliphatic carbocycles. The topological polar surface area (TPSA) is 62.5 Å². The van der Waals surface area contributed by atoms with Gasteiger partial charge in [0.2, 0.25) is 0 Å². The van der Waals surface area contributed by atoms with Crippen molar-refractivity contribution in [1.82, 2.24) is 5.32 Å². The molecule has 2 rings (SSSR count). The number of furan rings is 1. The maximum absolute atomic E-state index is 13.5. The van der Waals surface area contributed by atoms with Crippen molar-refractivity contribution in [3.8, 4) is 0 Å². The first-order valence-corrected chi connectivity index (χ1v) is 5.41. The van der Waals surface area contributed by atoms with Crippen LogP contribution >= 0.6 is 0 Å². The normalized spacial score (nSPS) is 12.3. The molecular weight excluding hydrogens is 237 g/mol. The average Bonchev–Trinajstić information content (AvgIpc) is 2.84. The molecule has 0 bridgehead atoms. The molecule has 0 radical (unpaired) electrons. The summed E-state index contributed by atoms with van der Waals surface area (Å²) >= 11 is 0. The predicted molar refractivity (Wildman–Crippen MR) is 62.3 cm³/mol. The number of nitrogens with one attached hydrogen (secondary N) is 1. The highest BCUT2D eigenvalue weighted by Gasteiger charge is 2.22. The van der Waals surface area contributed by atoms with Crippen molar-refractivity contribution >= 4 is 5.97 Å². The highest BCUT2D eigenvalue weighted by atomic mass is 19.1. The first-order valence-electron chi connectivity index (χ1n) is 5.41. The van der Waals surface area contributed by atoms with Gasteiger partial charge in [0.1, 0.15) is 17.6 Å². The summed E-state index contributed by atoms with van der Waals surface area (Å²) < 4.78 is 18.6. The van der Waals surface area contributed by atoms with E-state index >= 15 is 0 Å². The fourth-order valence-corrected chi connectivity index (χ4v) is 1.66. The number of benzene rings is 1. The van der Waals surface area contributed by atoms with Crippen LogP contribution in [-0.2, 0) is 11.3 Å². The quantitative estimate of drug-likeness (QED) is 0.853. The minimum atomic E-state index is -1.13. The first kappa shape index (κ1) is 12.3. The number of aliphatic carboxylic acids is 1. The Bertz CT molecular complexity index is 525. The summed E-state index contributed by atoms with van der Waals surface area (Å²) in [4.78, 5) is 11.2. The molecule has 0 saturated carbocycles. The smallest absolute Gasteiger partial charge is 0.325 e. The van der Waals surface area contributed by atoms with Crippen molar-refractivity contribution in [2.45, 2.75) is 12.6 Å². The van der Waals surface area contributed by atoms with E-state index in [-0.39, 0.29) is 12.1 Å². The number of carboxylic acid groups (broad SMARTS) is 1. The molecule has 1 unspecified atom stereocenters. The number of rotatable bonds is 5. The summed E-state index contributed by atoms with van der Waals surface area (Å²) in [6.07, 6.45) is 1.50. The molecule has 4 nitrogen and oxygen atoms in total. The zero-order valence-corrected chi connectivity index (χ0v) is 9.47. The molecule has 5 heteroatoms. The largest absolute Gasteiger partial charge is 0.480 e. The van der Waals surface area contributed by atoms with Gasteiger partial charge in [0.25, 0.3) is 0 Å². The Hall–Kier alpha value is -2.14. The molecule has 0 amide bonds. The van der Waals surface area contributed by atoms with E-state index in [1.54, 1.807) is 18.2 Å². The second-order valence-corrected chi connectivity index (χ2v) is 3.75. The number of hydrogen-bond acceptors (Lipinski definition) is 3. The van der Waals surface area contributed by atoms with Crippen LogP contribution in [0.3, 0.4) is 0 Å². The van der Waals surface area contributed by atoms with Crippen molar-refractivity contribution in [2.24, 2.45) is 0 Å². The average molecular weight is 249 g/mol. The van der Waals surface area contributed by atoms with Crippen LogP contribution in [0.5, 0.6) is 0 Å². The van der Waals surface area contributed by atoms with Crippen molar-refractivity contribution in [2.75, 3.05) is 0 Å². The molecule has 0 fully saturated rings. The maximum atomic E-state index is 13.5. The Kier molecular flexibility index (Phi) is 3.74. The van der Waals surface area contributed by atoms with Gasteiger partial charge in [0.05, 0.1) is 12.8 Å². The SMILES string of the molecule is O=C(O)C(NCc1ccco1)c1ccccc1F. The van der Waals surface area contributed by atoms with Crippen LogP contribution in [0.4, 0.5) is 4.39 Å². The van der Waals surface area contributed by atoms with Crippen LogP contribution < -0.4 is 5.32 Å². The van der Waals surface area contributed by atoms with E-state index in [1.807, 2.05) is 0 Å². The minimum absolute atomic E-state index is 0.108. The van der Waals surface area contributed by atoms with Crippen LogP contribution in [-0.4, -0.2) is 11.1 Å². The molecule has 0 spiro atoms. The highest BCUT2D eigenvalue weighted by molar-refractivity contribution is 5.75. The van der Waals surface area contributed by atoms with Gasteiger partial charge in [-0.25, -0.2) is 4.39 Å². The molecule has 2 aromatic rings. The molecule has 2 N–H and O–H groups in total. The zero-order chi connectivity index (χ0) is 13.0. The van der Waals surface area contributed by atoms with Crippen LogP contribution in [0, 0.1) is 5.82 Å². The van der Waals surface area contributed by atoms with Crippen LogP contribution in [0.15, 0.2) is 47.1 Å². The van der Waals surface area contributed by atoms with Gasteiger partial charge >= 0.3 is 5.97 Å². The van der Waals surface area contributed by atoms with Crippen LogP contribution in [0.2, 0.25) is 0 Å². The lowest BCUT2D eigenvalue weighted by atomic mass is 10.1. The summed E-state index contributed by atoms with van der Waals surface area (Å²) in [5.41, 5.74) is 0.108. The van der Waals surface area contributed by atoms with E-state index in [2.05, 4.69) is 5.32 Å². The molecule has 1 aromatic heterocycles. The summed E-state index contributed by atoms with van der Waals surface area (Å²) in [6, 6.07) is 8.12. The van der Waals surface area contributed by atoms with Gasteiger partial charge in [-0.3, -0.25) is 10.1 Å². The van der Waals surface area contributed by atoms with E-state index in [9.17, 15) is 9.18 Å². The second kappa shape index (κ2) is 5.46. The fraction of sp³-hybridized carbons (Fsp3) is 0.154. The highest BCUT2D eigenvalue weighted by Crippen LogP contribution is 2.17. The first-order chi connectivity index (χ1) is 8.68. The third-order valence-electron chi connectivity index (χ3n) is 2.52. The predicted octanol–water partition coefficient (Wildman–Crippen LogP) is 2.33. The van der Waals surface area contributed by atoms with Gasteiger partial charge in [-0.15, -0.1) is 0 Å². The minimum Gasteiger partial charge on any atom is -0.480 e. The maximum Gasteiger partial charge on any atom is 0.325 e. The Labute approximate surface area is 103 Å². The standard InChI is InChI=1S/C13H12FNO3/c14-11-6-2-1-5-10(11)12(13(16)17)15-8-9-4-3-7-18-9/h1-7,12,15H,8H2,(H,16,17). The Morgan fingerprint density at radius 2 is 2.11 bits per heavy atom. The molecule has 18 heavy (non-hydrogen) atoms. The Morgan fingerprint density at radius 1 is 1.33 bits per heavy atom. The van der Waals surface area contributed by atoms with Gasteiger partial charge in [0, 0.05) is 5.56 Å². The monoisotopic (exact) mass is 249 g/mol. The van der Waals surface area contributed by atoms with Gasteiger partial charge in [-0.1, -0.05) is 18.2 Å². The lowest BCUT2D eigenvalue weighted by Crippen LogP contribution is -2.28. The van der Waals surface area contributed by atoms with Crippen LogP contribution in [0.1, 0.15) is 17.4 Å². The second-order valence-electron chi connectivity index (χ2n) is 3.75. The van der Waals surface area contributed by atoms with Crippen molar-refractivity contribution in [1.29, 1.82) is 0 Å². The zero-order valence-electron chi connectivity index (χ0n) is 9.47. The molecule has 1 aromatic carbocycles. The van der Waals surface area contributed by atoms with Crippen molar-refractivity contribution in [3.63, 3.8) is 0 Å². The molecule has 1 atom stereocenters. The Morgan fingerprint density at radius 3 is 2.72 bits per heavy atom. The summed E-state index contributed by atoms with van der Waals surface area (Å²) in [7, 11) is 0. The van der Waals surface area contributed by atoms with Gasteiger partial charge in [-0.05, 0) is 18.2 Å². The molecule has 94 valence electrons. The molecule has 0 aliphatic heterocycles. The Balaban J connectivity index is 2.14. The number of halogens is 1. The van der Waals surface area contributed by atoms with Gasteiger partial charge in [0.15, 0.2) is 0 Å². The van der Waals surface area contributed by atoms with E-state index in [1.165, 1.54) is 24.5 Å². The van der Waals surface area contributed by atoms with Gasteiger partial charge < -0.3 is 9.52 Å². The van der Waals surface area contributed by atoms with Crippen molar-refractivity contribution in [3.05, 3.63) is 59.8 Å². The molecular formula is C13H12FNO3.